The number of nitrogens with zero attached hydrogens (tertiary/aromatic N) is 1. The van der Waals surface area contributed by atoms with E-state index in [0.717, 1.165) is 19.3 Å². The summed E-state index contributed by atoms with van der Waals surface area (Å²) in [5.74, 6) is -1.17. The van der Waals surface area contributed by atoms with Crippen LogP contribution in [0.3, 0.4) is 0 Å². The zero-order valence-corrected chi connectivity index (χ0v) is 20.6. The lowest BCUT2D eigenvalue weighted by Gasteiger charge is -2.33. The predicted molar refractivity (Wildman–Crippen MR) is 126 cm³/mol. The second kappa shape index (κ2) is 13.0. The van der Waals surface area contributed by atoms with Crippen molar-refractivity contribution in [2.75, 3.05) is 19.7 Å². The fourth-order valence-corrected chi connectivity index (χ4v) is 3.31. The van der Waals surface area contributed by atoms with Gasteiger partial charge >= 0.3 is 6.09 Å². The summed E-state index contributed by atoms with van der Waals surface area (Å²) in [6, 6.07) is 2.73. The molecule has 1 rings (SSSR count). The van der Waals surface area contributed by atoms with Crippen LogP contribution in [0.1, 0.15) is 71.0 Å². The number of aromatic hydroxyl groups is 1. The standard InChI is InChI=1S/C24H39N3O6/c1-7-8-9-13-25-21(30)19(18-12-10-11-16(2)20(18)29)27(14-15-28)22(31)17(3)26-23(32)33-24(4,5)6/h10-12,17,19,28-29H,7-9,13-15H2,1-6H3,(H,25,30)(H,26,32). The number of carbonyl (C=O) groups is 3. The van der Waals surface area contributed by atoms with Crippen molar-refractivity contribution in [2.24, 2.45) is 0 Å². The zero-order chi connectivity index (χ0) is 25.2. The lowest BCUT2D eigenvalue weighted by molar-refractivity contribution is -0.142. The van der Waals surface area contributed by atoms with Crippen molar-refractivity contribution in [2.45, 2.75) is 78.5 Å². The molecule has 0 fully saturated rings. The van der Waals surface area contributed by atoms with E-state index in [2.05, 4.69) is 17.6 Å². The van der Waals surface area contributed by atoms with Crippen molar-refractivity contribution < 1.29 is 29.3 Å². The molecule has 0 saturated carbocycles. The molecule has 9 nitrogen and oxygen atoms in total. The number of rotatable bonds is 11. The third-order valence-corrected chi connectivity index (χ3v) is 4.93. The molecule has 0 radical (unpaired) electrons. The summed E-state index contributed by atoms with van der Waals surface area (Å²) in [5, 5.41) is 25.6. The predicted octanol–water partition coefficient (Wildman–Crippen LogP) is 2.78. The van der Waals surface area contributed by atoms with E-state index < -0.39 is 42.2 Å². The number of nitrogens with one attached hydrogen (secondary N) is 2. The third-order valence-electron chi connectivity index (χ3n) is 4.93. The van der Waals surface area contributed by atoms with Crippen molar-refractivity contribution in [3.05, 3.63) is 29.3 Å². The number of alkyl carbamates (subject to hydrolysis) is 1. The summed E-state index contributed by atoms with van der Waals surface area (Å²) in [6.07, 6.45) is 1.93. The van der Waals surface area contributed by atoms with E-state index >= 15 is 0 Å². The minimum Gasteiger partial charge on any atom is -0.507 e. The van der Waals surface area contributed by atoms with E-state index in [1.165, 1.54) is 11.8 Å². The molecular weight excluding hydrogens is 426 g/mol. The highest BCUT2D eigenvalue weighted by atomic mass is 16.6. The summed E-state index contributed by atoms with van der Waals surface area (Å²) in [5.41, 5.74) is 0.0493. The highest BCUT2D eigenvalue weighted by Crippen LogP contribution is 2.32. The molecule has 33 heavy (non-hydrogen) atoms. The highest BCUT2D eigenvalue weighted by molar-refractivity contribution is 5.92. The Morgan fingerprint density at radius 2 is 1.85 bits per heavy atom. The lowest BCUT2D eigenvalue weighted by Crippen LogP contribution is -2.52. The Hall–Kier alpha value is -2.81. The van der Waals surface area contributed by atoms with Crippen LogP contribution in [0, 0.1) is 6.92 Å². The fourth-order valence-electron chi connectivity index (χ4n) is 3.31. The lowest BCUT2D eigenvalue weighted by atomic mass is 9.99. The summed E-state index contributed by atoms with van der Waals surface area (Å²) in [4.78, 5) is 39.9. The van der Waals surface area contributed by atoms with Gasteiger partial charge in [0, 0.05) is 18.7 Å². The van der Waals surface area contributed by atoms with Crippen LogP contribution in [0.5, 0.6) is 5.75 Å². The van der Waals surface area contributed by atoms with Crippen LogP contribution in [-0.2, 0) is 14.3 Å². The number of phenols is 1. The number of para-hydroxylation sites is 1. The number of carbonyl (C=O) groups excluding carboxylic acids is 3. The van der Waals surface area contributed by atoms with Gasteiger partial charge in [-0.1, -0.05) is 38.0 Å². The molecule has 2 unspecified atom stereocenters. The maximum absolute atomic E-state index is 13.3. The van der Waals surface area contributed by atoms with Crippen molar-refractivity contribution in [1.82, 2.24) is 15.5 Å². The molecule has 0 saturated heterocycles. The molecule has 0 aromatic heterocycles. The number of aliphatic hydroxyl groups is 1. The molecule has 4 N–H and O–H groups in total. The molecule has 1 aromatic carbocycles. The van der Waals surface area contributed by atoms with Gasteiger partial charge in [-0.2, -0.15) is 0 Å². The molecule has 0 spiro atoms. The van der Waals surface area contributed by atoms with Gasteiger partial charge in [-0.25, -0.2) is 4.79 Å². The maximum atomic E-state index is 13.3. The Morgan fingerprint density at radius 1 is 1.18 bits per heavy atom. The normalized spacial score (nSPS) is 13.1. The number of aryl methyl sites for hydroxylation is 1. The smallest absolute Gasteiger partial charge is 0.408 e. The van der Waals surface area contributed by atoms with Crippen molar-refractivity contribution in [3.8, 4) is 5.75 Å². The first kappa shape index (κ1) is 28.2. The minimum atomic E-state index is -1.19. The SMILES string of the molecule is CCCCCNC(=O)C(c1cccc(C)c1O)N(CCO)C(=O)C(C)NC(=O)OC(C)(C)C. The number of hydrogen-bond acceptors (Lipinski definition) is 6. The van der Waals surface area contributed by atoms with E-state index in [4.69, 9.17) is 4.74 Å². The van der Waals surface area contributed by atoms with Gasteiger partial charge in [0.05, 0.1) is 6.61 Å². The fraction of sp³-hybridized carbons (Fsp3) is 0.625. The van der Waals surface area contributed by atoms with E-state index in [1.807, 2.05) is 0 Å². The van der Waals surface area contributed by atoms with E-state index in [1.54, 1.807) is 45.9 Å². The van der Waals surface area contributed by atoms with Crippen LogP contribution < -0.4 is 10.6 Å². The van der Waals surface area contributed by atoms with Crippen LogP contribution in [0.4, 0.5) is 4.79 Å². The summed E-state index contributed by atoms with van der Waals surface area (Å²) in [6.45, 7) is 10.2. The second-order valence-electron chi connectivity index (χ2n) is 9.04. The van der Waals surface area contributed by atoms with Crippen molar-refractivity contribution >= 4 is 17.9 Å². The number of benzene rings is 1. The molecular formula is C24H39N3O6. The number of aliphatic hydroxyl groups excluding tert-OH is 1. The van der Waals surface area contributed by atoms with Gasteiger partial charge in [0.15, 0.2) is 0 Å². The molecule has 0 heterocycles. The molecule has 9 heteroatoms. The van der Waals surface area contributed by atoms with Crippen LogP contribution in [0.2, 0.25) is 0 Å². The topological polar surface area (TPSA) is 128 Å². The first-order chi connectivity index (χ1) is 15.4. The number of phenolic OH excluding ortho intramolecular Hbond substituents is 1. The van der Waals surface area contributed by atoms with E-state index in [9.17, 15) is 24.6 Å². The molecule has 3 amide bonds. The quantitative estimate of drug-likeness (QED) is 0.372. The van der Waals surface area contributed by atoms with E-state index in [-0.39, 0.29) is 17.9 Å². The average Bonchev–Trinajstić information content (AvgIpc) is 2.71. The first-order valence-electron chi connectivity index (χ1n) is 11.4. The number of hydrogen-bond donors (Lipinski definition) is 4. The summed E-state index contributed by atoms with van der Waals surface area (Å²) >= 11 is 0. The van der Waals surface area contributed by atoms with Gasteiger partial charge in [-0.3, -0.25) is 9.59 Å². The first-order valence-corrected chi connectivity index (χ1v) is 11.4. The van der Waals surface area contributed by atoms with Gasteiger partial charge in [0.25, 0.3) is 0 Å². The molecule has 0 bridgehead atoms. The number of unbranched alkanes of at least 4 members (excludes halogenated alkanes) is 2. The summed E-state index contributed by atoms with van der Waals surface area (Å²) < 4.78 is 5.21. The van der Waals surface area contributed by atoms with Gasteiger partial charge in [-0.05, 0) is 46.6 Å². The molecule has 0 aliphatic rings. The largest absolute Gasteiger partial charge is 0.507 e. The monoisotopic (exact) mass is 465 g/mol. The van der Waals surface area contributed by atoms with Crippen LogP contribution in [-0.4, -0.2) is 64.4 Å². The minimum absolute atomic E-state index is 0.102. The number of ether oxygens (including phenoxy) is 1. The Balaban J connectivity index is 3.25. The van der Waals surface area contributed by atoms with Crippen LogP contribution in [0.25, 0.3) is 0 Å². The molecule has 2 atom stereocenters. The number of amides is 3. The second-order valence-corrected chi connectivity index (χ2v) is 9.04. The van der Waals surface area contributed by atoms with Gasteiger partial charge < -0.3 is 30.5 Å². The van der Waals surface area contributed by atoms with Crippen molar-refractivity contribution in [1.29, 1.82) is 0 Å². The summed E-state index contributed by atoms with van der Waals surface area (Å²) in [7, 11) is 0. The van der Waals surface area contributed by atoms with E-state index in [0.29, 0.717) is 12.1 Å². The van der Waals surface area contributed by atoms with Crippen LogP contribution in [0.15, 0.2) is 18.2 Å². The van der Waals surface area contributed by atoms with Crippen molar-refractivity contribution in [3.63, 3.8) is 0 Å². The highest BCUT2D eigenvalue weighted by Gasteiger charge is 2.36. The third kappa shape index (κ3) is 8.92. The zero-order valence-electron chi connectivity index (χ0n) is 20.6. The Kier molecular flexibility index (Phi) is 11.1. The Bertz CT molecular complexity index is 806. The maximum Gasteiger partial charge on any atom is 0.408 e. The average molecular weight is 466 g/mol. The van der Waals surface area contributed by atoms with Gasteiger partial charge in [0.1, 0.15) is 23.4 Å². The molecule has 1 aromatic rings. The Morgan fingerprint density at radius 3 is 2.42 bits per heavy atom. The molecule has 0 aliphatic carbocycles. The van der Waals surface area contributed by atoms with Crippen LogP contribution >= 0.6 is 0 Å². The Labute approximate surface area is 196 Å². The molecule has 186 valence electrons. The van der Waals surface area contributed by atoms with Gasteiger partial charge in [0.2, 0.25) is 11.8 Å². The van der Waals surface area contributed by atoms with Gasteiger partial charge in [-0.15, -0.1) is 0 Å². The molecule has 0 aliphatic heterocycles.